The van der Waals surface area contributed by atoms with Crippen molar-refractivity contribution in [3.8, 4) is 0 Å². The topological polar surface area (TPSA) is 15.3 Å². The van der Waals surface area contributed by atoms with Crippen LogP contribution in [0.5, 0.6) is 0 Å². The Labute approximate surface area is 132 Å². The van der Waals surface area contributed by atoms with Crippen LogP contribution in [-0.2, 0) is 0 Å². The van der Waals surface area contributed by atoms with Crippen LogP contribution in [0.15, 0.2) is 28.7 Å². The maximum atomic E-state index is 12.6. The van der Waals surface area contributed by atoms with Crippen LogP contribution in [0.4, 0.5) is 13.2 Å². The molecule has 0 radical (unpaired) electrons. The maximum absolute atomic E-state index is 12.6. The van der Waals surface area contributed by atoms with Crippen LogP contribution in [0.1, 0.15) is 31.9 Å². The van der Waals surface area contributed by atoms with Crippen molar-refractivity contribution in [2.45, 2.75) is 38.5 Å². The molecule has 0 saturated heterocycles. The maximum Gasteiger partial charge on any atom is 0.401 e. The zero-order chi connectivity index (χ0) is 16.0. The van der Waals surface area contributed by atoms with Crippen LogP contribution >= 0.6 is 15.9 Å². The highest BCUT2D eigenvalue weighted by molar-refractivity contribution is 9.10. The van der Waals surface area contributed by atoms with Crippen molar-refractivity contribution < 1.29 is 13.2 Å². The highest BCUT2D eigenvalue weighted by Gasteiger charge is 2.31. The van der Waals surface area contributed by atoms with Gasteiger partial charge in [-0.1, -0.05) is 28.1 Å². The van der Waals surface area contributed by atoms with Gasteiger partial charge in [0.15, 0.2) is 0 Å². The lowest BCUT2D eigenvalue weighted by Crippen LogP contribution is -2.40. The van der Waals surface area contributed by atoms with E-state index in [2.05, 4.69) is 21.2 Å². The summed E-state index contributed by atoms with van der Waals surface area (Å²) in [6, 6.07) is 7.74. The largest absolute Gasteiger partial charge is 0.401 e. The van der Waals surface area contributed by atoms with Crippen molar-refractivity contribution in [2.24, 2.45) is 0 Å². The van der Waals surface area contributed by atoms with Gasteiger partial charge in [0.1, 0.15) is 0 Å². The van der Waals surface area contributed by atoms with Crippen molar-refractivity contribution >= 4 is 15.9 Å². The number of nitrogens with one attached hydrogen (secondary N) is 1. The number of benzene rings is 1. The fraction of sp³-hybridized carbons (Fsp3) is 0.600. The normalized spacial score (nSPS) is 14.0. The minimum absolute atomic E-state index is 0.0389. The average molecular weight is 367 g/mol. The summed E-state index contributed by atoms with van der Waals surface area (Å²) < 4.78 is 38.7. The molecule has 1 rings (SSSR count). The molecule has 0 saturated carbocycles. The van der Waals surface area contributed by atoms with E-state index in [1.807, 2.05) is 31.3 Å². The minimum atomic E-state index is -4.16. The zero-order valence-corrected chi connectivity index (χ0v) is 14.1. The average Bonchev–Trinajstić information content (AvgIpc) is 2.36. The monoisotopic (exact) mass is 366 g/mol. The number of hydrogen-bond donors (Lipinski definition) is 1. The molecule has 0 fully saturated rings. The van der Waals surface area contributed by atoms with Gasteiger partial charge in [0.05, 0.1) is 6.54 Å². The Bertz CT molecular complexity index is 435. The highest BCUT2D eigenvalue weighted by Crippen LogP contribution is 2.23. The Morgan fingerprint density at radius 2 is 1.95 bits per heavy atom. The molecule has 0 amide bonds. The van der Waals surface area contributed by atoms with Crippen molar-refractivity contribution in [2.75, 3.05) is 20.1 Å². The summed E-state index contributed by atoms with van der Waals surface area (Å²) in [6.45, 7) is 3.12. The van der Waals surface area contributed by atoms with Crippen molar-refractivity contribution in [1.82, 2.24) is 10.2 Å². The second-order valence-electron chi connectivity index (χ2n) is 5.36. The molecule has 1 aromatic carbocycles. The Hall–Kier alpha value is -0.590. The van der Waals surface area contributed by atoms with E-state index in [-0.39, 0.29) is 12.1 Å². The number of halogens is 4. The fourth-order valence-electron chi connectivity index (χ4n) is 2.25. The zero-order valence-electron chi connectivity index (χ0n) is 12.5. The van der Waals surface area contributed by atoms with Gasteiger partial charge in [0.2, 0.25) is 0 Å². The van der Waals surface area contributed by atoms with Gasteiger partial charge in [-0.2, -0.15) is 13.2 Å². The van der Waals surface area contributed by atoms with Crippen molar-refractivity contribution in [1.29, 1.82) is 0 Å². The molecule has 0 bridgehead atoms. The SMILES string of the molecule is CNC(CCN(CC(F)(F)F)C(C)C)c1cccc(Br)c1. The molecule has 2 nitrogen and oxygen atoms in total. The van der Waals surface area contributed by atoms with E-state index in [0.717, 1.165) is 10.0 Å². The molecule has 1 atom stereocenters. The van der Waals surface area contributed by atoms with Gasteiger partial charge in [-0.15, -0.1) is 0 Å². The number of nitrogens with zero attached hydrogens (tertiary/aromatic N) is 1. The molecule has 1 N–H and O–H groups in total. The molecule has 0 aliphatic heterocycles. The van der Waals surface area contributed by atoms with Crippen LogP contribution in [0.3, 0.4) is 0 Å². The Balaban J connectivity index is 2.68. The molecular weight excluding hydrogens is 345 g/mol. The summed E-state index contributed by atoms with van der Waals surface area (Å²) in [7, 11) is 1.83. The molecule has 0 aliphatic rings. The van der Waals surface area contributed by atoms with Crippen LogP contribution in [-0.4, -0.2) is 37.3 Å². The van der Waals surface area contributed by atoms with Gasteiger partial charge in [0.25, 0.3) is 0 Å². The molecule has 6 heteroatoms. The van der Waals surface area contributed by atoms with Crippen LogP contribution in [0, 0.1) is 0 Å². The first-order valence-corrected chi connectivity index (χ1v) is 7.75. The van der Waals surface area contributed by atoms with E-state index in [1.54, 1.807) is 13.8 Å². The summed E-state index contributed by atoms with van der Waals surface area (Å²) in [6.07, 6.45) is -3.53. The van der Waals surface area contributed by atoms with E-state index >= 15 is 0 Å². The molecular formula is C15H22BrF3N2. The standard InChI is InChI=1S/C15H22BrF3N2/c1-11(2)21(10-15(17,18)19)8-7-14(20-3)12-5-4-6-13(16)9-12/h4-6,9,11,14,20H,7-8,10H2,1-3H3. The summed E-state index contributed by atoms with van der Waals surface area (Å²) in [5.74, 6) is 0. The van der Waals surface area contributed by atoms with Gasteiger partial charge in [-0.3, -0.25) is 4.90 Å². The third-order valence-corrected chi connectivity index (χ3v) is 3.91. The van der Waals surface area contributed by atoms with E-state index in [1.165, 1.54) is 4.90 Å². The lowest BCUT2D eigenvalue weighted by molar-refractivity contribution is -0.149. The third-order valence-electron chi connectivity index (χ3n) is 3.42. The van der Waals surface area contributed by atoms with Gasteiger partial charge in [0, 0.05) is 23.1 Å². The van der Waals surface area contributed by atoms with Gasteiger partial charge < -0.3 is 5.32 Å². The highest BCUT2D eigenvalue weighted by atomic mass is 79.9. The molecule has 1 unspecified atom stereocenters. The summed E-state index contributed by atoms with van der Waals surface area (Å²) in [5.41, 5.74) is 1.07. The fourth-order valence-corrected chi connectivity index (χ4v) is 2.66. The van der Waals surface area contributed by atoms with Gasteiger partial charge in [-0.25, -0.2) is 0 Å². The first-order valence-electron chi connectivity index (χ1n) is 6.96. The third kappa shape index (κ3) is 6.80. The van der Waals surface area contributed by atoms with Crippen LogP contribution in [0.2, 0.25) is 0 Å². The molecule has 0 aliphatic carbocycles. The molecule has 1 aromatic rings. The molecule has 0 heterocycles. The molecule has 0 aromatic heterocycles. The lowest BCUT2D eigenvalue weighted by atomic mass is 10.0. The Morgan fingerprint density at radius 1 is 1.29 bits per heavy atom. The van der Waals surface area contributed by atoms with E-state index in [4.69, 9.17) is 0 Å². The van der Waals surface area contributed by atoms with Crippen molar-refractivity contribution in [3.63, 3.8) is 0 Å². The molecule has 21 heavy (non-hydrogen) atoms. The second kappa shape index (κ2) is 8.15. The Kier molecular flexibility index (Phi) is 7.16. The molecule has 0 spiro atoms. The van der Waals surface area contributed by atoms with Gasteiger partial charge in [-0.05, 0) is 45.0 Å². The van der Waals surface area contributed by atoms with E-state index in [0.29, 0.717) is 13.0 Å². The number of rotatable bonds is 7. The predicted octanol–water partition coefficient (Wildman–Crippen LogP) is 4.37. The lowest BCUT2D eigenvalue weighted by Gasteiger charge is -2.29. The first-order chi connectivity index (χ1) is 9.73. The smallest absolute Gasteiger partial charge is 0.313 e. The van der Waals surface area contributed by atoms with Crippen LogP contribution < -0.4 is 5.32 Å². The summed E-state index contributed by atoms with van der Waals surface area (Å²) in [4.78, 5) is 1.46. The summed E-state index contributed by atoms with van der Waals surface area (Å²) >= 11 is 3.42. The Morgan fingerprint density at radius 3 is 2.43 bits per heavy atom. The van der Waals surface area contributed by atoms with Gasteiger partial charge >= 0.3 is 6.18 Å². The predicted molar refractivity (Wildman–Crippen MR) is 83.3 cm³/mol. The minimum Gasteiger partial charge on any atom is -0.313 e. The molecule has 120 valence electrons. The first kappa shape index (κ1) is 18.5. The number of hydrogen-bond acceptors (Lipinski definition) is 2. The quantitative estimate of drug-likeness (QED) is 0.770. The second-order valence-corrected chi connectivity index (χ2v) is 6.28. The van der Waals surface area contributed by atoms with Crippen LogP contribution in [0.25, 0.3) is 0 Å². The van der Waals surface area contributed by atoms with E-state index < -0.39 is 12.7 Å². The van der Waals surface area contributed by atoms with Crippen molar-refractivity contribution in [3.05, 3.63) is 34.3 Å². The summed E-state index contributed by atoms with van der Waals surface area (Å²) in [5, 5.41) is 3.17. The number of alkyl halides is 3. The van der Waals surface area contributed by atoms with E-state index in [9.17, 15) is 13.2 Å².